The quantitative estimate of drug-likeness (QED) is 0.860. The number of aromatic nitrogens is 2. The smallest absolute Gasteiger partial charge is 0.0948 e. The van der Waals surface area contributed by atoms with Gasteiger partial charge in [0.05, 0.1) is 12.4 Å². The second-order valence-corrected chi connectivity index (χ2v) is 5.13. The van der Waals surface area contributed by atoms with Crippen molar-refractivity contribution in [3.05, 3.63) is 18.2 Å². The lowest BCUT2D eigenvalue weighted by Crippen LogP contribution is -2.14. The lowest BCUT2D eigenvalue weighted by Gasteiger charge is -2.15. The van der Waals surface area contributed by atoms with Crippen molar-refractivity contribution in [3.8, 4) is 0 Å². The molecule has 2 atom stereocenters. The summed E-state index contributed by atoms with van der Waals surface area (Å²) in [5.41, 5.74) is 1.40. The molecule has 3 rings (SSSR count). The van der Waals surface area contributed by atoms with Crippen LogP contribution in [0.2, 0.25) is 0 Å². The van der Waals surface area contributed by atoms with Gasteiger partial charge in [0.15, 0.2) is 0 Å². The minimum atomic E-state index is 0.479. The van der Waals surface area contributed by atoms with E-state index in [4.69, 9.17) is 4.74 Å². The summed E-state index contributed by atoms with van der Waals surface area (Å²) in [6.45, 7) is 4.25. The molecule has 2 unspecified atom stereocenters. The molecule has 2 aliphatic heterocycles. The third-order valence-corrected chi connectivity index (χ3v) is 3.94. The largest absolute Gasteiger partial charge is 0.378 e. The van der Waals surface area contributed by atoms with E-state index in [1.54, 1.807) is 0 Å². The van der Waals surface area contributed by atoms with E-state index < -0.39 is 0 Å². The van der Waals surface area contributed by atoms with E-state index in [2.05, 4.69) is 14.9 Å². The Morgan fingerprint density at radius 1 is 1.47 bits per heavy atom. The molecule has 1 aromatic rings. The van der Waals surface area contributed by atoms with Crippen LogP contribution in [0.1, 0.15) is 37.3 Å². The Bertz CT molecular complexity index is 351. The monoisotopic (exact) mass is 235 g/mol. The molecule has 4 heteroatoms. The lowest BCUT2D eigenvalue weighted by molar-refractivity contribution is 0.100. The zero-order valence-corrected chi connectivity index (χ0v) is 10.3. The highest BCUT2D eigenvalue weighted by Gasteiger charge is 2.21. The van der Waals surface area contributed by atoms with Gasteiger partial charge in [-0.3, -0.25) is 0 Å². The molecule has 3 heterocycles. The predicted molar refractivity (Wildman–Crippen MR) is 66.0 cm³/mol. The van der Waals surface area contributed by atoms with Gasteiger partial charge in [-0.15, -0.1) is 0 Å². The summed E-state index contributed by atoms with van der Waals surface area (Å²) in [4.78, 5) is 4.31. The minimum Gasteiger partial charge on any atom is -0.378 e. The first-order chi connectivity index (χ1) is 8.43. The molecular weight excluding hydrogens is 214 g/mol. The molecule has 1 N–H and O–H groups in total. The Morgan fingerprint density at radius 3 is 3.24 bits per heavy atom. The highest BCUT2D eigenvalue weighted by Crippen LogP contribution is 2.23. The van der Waals surface area contributed by atoms with Crippen molar-refractivity contribution in [3.63, 3.8) is 0 Å². The van der Waals surface area contributed by atoms with Gasteiger partial charge in [0.1, 0.15) is 0 Å². The van der Waals surface area contributed by atoms with Crippen LogP contribution in [0.15, 0.2) is 12.5 Å². The second-order valence-electron chi connectivity index (χ2n) is 5.13. The Hall–Kier alpha value is -0.870. The average Bonchev–Trinajstić information content (AvgIpc) is 3.09. The van der Waals surface area contributed by atoms with Crippen molar-refractivity contribution in [1.82, 2.24) is 14.9 Å². The molecule has 0 saturated carbocycles. The summed E-state index contributed by atoms with van der Waals surface area (Å²) in [7, 11) is 0. The molecular formula is C13H21N3O. The maximum atomic E-state index is 5.67. The Balaban J connectivity index is 1.60. The minimum absolute atomic E-state index is 0.479. The average molecular weight is 235 g/mol. The summed E-state index contributed by atoms with van der Waals surface area (Å²) < 4.78 is 7.99. The molecule has 0 aromatic carbocycles. The van der Waals surface area contributed by atoms with Crippen molar-refractivity contribution < 1.29 is 4.74 Å². The van der Waals surface area contributed by atoms with Crippen LogP contribution in [0.4, 0.5) is 0 Å². The molecule has 1 aromatic heterocycles. The van der Waals surface area contributed by atoms with E-state index in [1.165, 1.54) is 25.0 Å². The predicted octanol–water partition coefficient (Wildman–Crippen LogP) is 1.53. The van der Waals surface area contributed by atoms with Crippen LogP contribution in [0, 0.1) is 0 Å². The highest BCUT2D eigenvalue weighted by molar-refractivity contribution is 5.09. The van der Waals surface area contributed by atoms with E-state index in [0.29, 0.717) is 12.0 Å². The van der Waals surface area contributed by atoms with Crippen molar-refractivity contribution in [1.29, 1.82) is 0 Å². The number of ether oxygens (including phenoxy) is 1. The third kappa shape index (κ3) is 2.53. The van der Waals surface area contributed by atoms with Gasteiger partial charge in [-0.1, -0.05) is 0 Å². The van der Waals surface area contributed by atoms with Crippen molar-refractivity contribution >= 4 is 0 Å². The van der Waals surface area contributed by atoms with Gasteiger partial charge in [0.2, 0.25) is 0 Å². The molecule has 0 radical (unpaired) electrons. The van der Waals surface area contributed by atoms with Gasteiger partial charge >= 0.3 is 0 Å². The van der Waals surface area contributed by atoms with Gasteiger partial charge in [-0.25, -0.2) is 4.98 Å². The summed E-state index contributed by atoms with van der Waals surface area (Å²) in [6.07, 6.45) is 9.32. The fraction of sp³-hybridized carbons (Fsp3) is 0.769. The van der Waals surface area contributed by atoms with Gasteiger partial charge in [0, 0.05) is 37.5 Å². The van der Waals surface area contributed by atoms with E-state index in [-0.39, 0.29) is 0 Å². The molecule has 94 valence electrons. The van der Waals surface area contributed by atoms with Crippen LogP contribution in [0.3, 0.4) is 0 Å². The van der Waals surface area contributed by atoms with Gasteiger partial charge < -0.3 is 14.6 Å². The fourth-order valence-electron chi connectivity index (χ4n) is 2.92. The number of hydrogen-bond donors (Lipinski definition) is 1. The number of nitrogens with zero attached hydrogens (tertiary/aromatic N) is 2. The number of nitrogens with one attached hydrogen (secondary N) is 1. The van der Waals surface area contributed by atoms with E-state index >= 15 is 0 Å². The zero-order chi connectivity index (χ0) is 11.5. The van der Waals surface area contributed by atoms with E-state index in [9.17, 15) is 0 Å². The summed E-state index contributed by atoms with van der Waals surface area (Å²) in [6, 6.07) is 0. The molecule has 0 aliphatic carbocycles. The van der Waals surface area contributed by atoms with E-state index in [0.717, 1.165) is 32.7 Å². The number of rotatable bonds is 4. The maximum Gasteiger partial charge on any atom is 0.0948 e. The van der Waals surface area contributed by atoms with Crippen molar-refractivity contribution in [2.45, 2.75) is 44.2 Å². The first-order valence-electron chi connectivity index (χ1n) is 6.76. The normalized spacial score (nSPS) is 28.9. The van der Waals surface area contributed by atoms with Gasteiger partial charge in [-0.05, 0) is 32.2 Å². The summed E-state index contributed by atoms with van der Waals surface area (Å²) >= 11 is 0. The van der Waals surface area contributed by atoms with E-state index in [1.807, 2.05) is 12.5 Å². The Morgan fingerprint density at radius 2 is 2.47 bits per heavy atom. The standard InChI is InChI=1S/C13H21N3O/c1-2-12(17-7-1)4-6-16-10-15-9-13(16)11-3-5-14-8-11/h9-12,14H,1-8H2. The topological polar surface area (TPSA) is 39.1 Å². The summed E-state index contributed by atoms with van der Waals surface area (Å²) in [5, 5.41) is 3.42. The zero-order valence-electron chi connectivity index (χ0n) is 10.3. The first-order valence-corrected chi connectivity index (χ1v) is 6.76. The van der Waals surface area contributed by atoms with Crippen LogP contribution in [-0.4, -0.2) is 35.4 Å². The van der Waals surface area contributed by atoms with Crippen LogP contribution in [-0.2, 0) is 11.3 Å². The highest BCUT2D eigenvalue weighted by atomic mass is 16.5. The van der Waals surface area contributed by atoms with Crippen LogP contribution < -0.4 is 5.32 Å². The lowest BCUT2D eigenvalue weighted by atomic mass is 10.1. The maximum absolute atomic E-state index is 5.67. The van der Waals surface area contributed by atoms with Gasteiger partial charge in [-0.2, -0.15) is 0 Å². The fourth-order valence-corrected chi connectivity index (χ4v) is 2.92. The second kappa shape index (κ2) is 5.19. The third-order valence-electron chi connectivity index (χ3n) is 3.94. The molecule has 0 spiro atoms. The molecule has 4 nitrogen and oxygen atoms in total. The summed E-state index contributed by atoms with van der Waals surface area (Å²) in [5.74, 6) is 0.655. The molecule has 2 fully saturated rings. The molecule has 0 bridgehead atoms. The Labute approximate surface area is 102 Å². The number of hydrogen-bond acceptors (Lipinski definition) is 3. The van der Waals surface area contributed by atoms with Crippen LogP contribution in [0.25, 0.3) is 0 Å². The molecule has 0 amide bonds. The van der Waals surface area contributed by atoms with Crippen molar-refractivity contribution in [2.24, 2.45) is 0 Å². The Kier molecular flexibility index (Phi) is 3.43. The molecule has 17 heavy (non-hydrogen) atoms. The SMILES string of the molecule is c1ncn(CCC2CCCO2)c1C1CCNC1. The van der Waals surface area contributed by atoms with Crippen LogP contribution in [0.5, 0.6) is 0 Å². The van der Waals surface area contributed by atoms with Crippen molar-refractivity contribution in [2.75, 3.05) is 19.7 Å². The first kappa shape index (κ1) is 11.2. The number of imidazole rings is 1. The van der Waals surface area contributed by atoms with Gasteiger partial charge in [0.25, 0.3) is 0 Å². The van der Waals surface area contributed by atoms with Crippen LogP contribution >= 0.6 is 0 Å². The molecule has 2 saturated heterocycles. The molecule has 2 aliphatic rings. The number of aryl methyl sites for hydroxylation is 1.